The first kappa shape index (κ1) is 19.2. The molecule has 2 aromatic rings. The molecule has 0 saturated carbocycles. The van der Waals surface area contributed by atoms with E-state index in [9.17, 15) is 13.2 Å². The lowest BCUT2D eigenvalue weighted by Gasteiger charge is -2.12. The molecule has 0 N–H and O–H groups in total. The van der Waals surface area contributed by atoms with Crippen LogP contribution in [0.25, 0.3) is 0 Å². The Morgan fingerprint density at radius 2 is 2.04 bits per heavy atom. The number of pyridine rings is 1. The number of aromatic nitrogens is 3. The van der Waals surface area contributed by atoms with Gasteiger partial charge in [-0.05, 0) is 25.3 Å². The van der Waals surface area contributed by atoms with Crippen molar-refractivity contribution in [1.29, 1.82) is 5.26 Å². The molecule has 9 heteroatoms. The Hall–Kier alpha value is -2.08. The standard InChI is InChI=1S/C16H17F3N4OS/c1-9(2)4-5-13-22-14(24-23-13)8-25-15-11(7-20)12(16(17,18)19)6-10(3)21-15/h6,9H,4-5,8H2,1-3H3. The minimum atomic E-state index is -4.61. The van der Waals surface area contributed by atoms with Gasteiger partial charge in [0.1, 0.15) is 11.1 Å². The number of thioether (sulfide) groups is 1. The Morgan fingerprint density at radius 3 is 2.64 bits per heavy atom. The molecule has 2 heterocycles. The minimum absolute atomic E-state index is 0.0109. The van der Waals surface area contributed by atoms with Crippen LogP contribution >= 0.6 is 11.8 Å². The van der Waals surface area contributed by atoms with Crippen molar-refractivity contribution in [2.75, 3.05) is 0 Å². The molecule has 0 saturated heterocycles. The lowest BCUT2D eigenvalue weighted by molar-refractivity contribution is -0.138. The molecule has 0 aromatic carbocycles. The number of rotatable bonds is 6. The van der Waals surface area contributed by atoms with Crippen LogP contribution < -0.4 is 0 Å². The number of halogens is 3. The second-order valence-corrected chi connectivity index (χ2v) is 6.89. The number of nitrogens with zero attached hydrogens (tertiary/aromatic N) is 4. The summed E-state index contributed by atoms with van der Waals surface area (Å²) in [5, 5.41) is 13.0. The maximum Gasteiger partial charge on any atom is 0.417 e. The first-order valence-corrected chi connectivity index (χ1v) is 8.62. The van der Waals surface area contributed by atoms with Crippen molar-refractivity contribution in [3.63, 3.8) is 0 Å². The molecule has 0 atom stereocenters. The highest BCUT2D eigenvalue weighted by atomic mass is 32.2. The van der Waals surface area contributed by atoms with Gasteiger partial charge in [-0.3, -0.25) is 0 Å². The lowest BCUT2D eigenvalue weighted by Crippen LogP contribution is -2.10. The zero-order valence-corrected chi connectivity index (χ0v) is 14.8. The van der Waals surface area contributed by atoms with Crippen molar-refractivity contribution in [2.24, 2.45) is 5.92 Å². The molecular formula is C16H17F3N4OS. The van der Waals surface area contributed by atoms with E-state index in [1.807, 2.05) is 0 Å². The van der Waals surface area contributed by atoms with E-state index < -0.39 is 17.3 Å². The van der Waals surface area contributed by atoms with Gasteiger partial charge in [0.2, 0.25) is 5.89 Å². The minimum Gasteiger partial charge on any atom is -0.338 e. The Balaban J connectivity index is 2.16. The van der Waals surface area contributed by atoms with Gasteiger partial charge in [0.05, 0.1) is 16.9 Å². The number of hydrogen-bond donors (Lipinski definition) is 0. The molecule has 0 aliphatic heterocycles. The predicted octanol–water partition coefficient (Wildman–Crippen LogP) is 4.54. The van der Waals surface area contributed by atoms with Gasteiger partial charge in [-0.25, -0.2) is 4.98 Å². The highest BCUT2D eigenvalue weighted by Gasteiger charge is 2.35. The predicted molar refractivity (Wildman–Crippen MR) is 85.7 cm³/mol. The Kier molecular flexibility index (Phi) is 6.06. The molecule has 0 amide bonds. The Morgan fingerprint density at radius 1 is 1.32 bits per heavy atom. The van der Waals surface area contributed by atoms with E-state index in [1.165, 1.54) is 6.92 Å². The van der Waals surface area contributed by atoms with Gasteiger partial charge in [-0.2, -0.15) is 23.4 Å². The molecule has 134 valence electrons. The molecule has 0 bridgehead atoms. The van der Waals surface area contributed by atoms with Crippen LogP contribution in [0.15, 0.2) is 15.6 Å². The molecule has 0 aliphatic rings. The fourth-order valence-electron chi connectivity index (χ4n) is 2.08. The molecule has 0 fully saturated rings. The van der Waals surface area contributed by atoms with Gasteiger partial charge in [-0.15, -0.1) is 0 Å². The first-order chi connectivity index (χ1) is 11.7. The molecule has 0 radical (unpaired) electrons. The number of aryl methyl sites for hydroxylation is 2. The van der Waals surface area contributed by atoms with Crippen LogP contribution in [0.3, 0.4) is 0 Å². The molecule has 25 heavy (non-hydrogen) atoms. The quantitative estimate of drug-likeness (QED) is 0.695. The summed E-state index contributed by atoms with van der Waals surface area (Å²) in [5.41, 5.74) is -1.27. The average molecular weight is 370 g/mol. The third-order valence-corrected chi connectivity index (χ3v) is 4.28. The second kappa shape index (κ2) is 7.87. The third kappa shape index (κ3) is 5.19. The van der Waals surface area contributed by atoms with Crippen molar-refractivity contribution in [3.05, 3.63) is 34.6 Å². The summed E-state index contributed by atoms with van der Waals surface area (Å²) in [6.45, 7) is 5.63. The van der Waals surface area contributed by atoms with Crippen molar-refractivity contribution in [3.8, 4) is 6.07 Å². The largest absolute Gasteiger partial charge is 0.417 e. The van der Waals surface area contributed by atoms with Crippen molar-refractivity contribution < 1.29 is 17.7 Å². The third-order valence-electron chi connectivity index (χ3n) is 3.32. The molecule has 2 rings (SSSR count). The van der Waals surface area contributed by atoms with E-state index in [0.717, 1.165) is 24.2 Å². The molecule has 0 unspecified atom stereocenters. The second-order valence-electron chi connectivity index (χ2n) is 5.93. The number of nitriles is 1. The normalized spacial score (nSPS) is 11.8. The SMILES string of the molecule is Cc1cc(C(F)(F)F)c(C#N)c(SCc2nc(CCC(C)C)no2)n1. The summed E-state index contributed by atoms with van der Waals surface area (Å²) < 4.78 is 44.4. The van der Waals surface area contributed by atoms with Crippen LogP contribution in [-0.2, 0) is 18.3 Å². The maximum absolute atomic E-state index is 13.1. The van der Waals surface area contributed by atoms with Crippen LogP contribution in [0, 0.1) is 24.2 Å². The van der Waals surface area contributed by atoms with E-state index in [1.54, 1.807) is 6.07 Å². The van der Waals surface area contributed by atoms with Gasteiger partial charge in [0, 0.05) is 12.1 Å². The monoisotopic (exact) mass is 370 g/mol. The molecular weight excluding hydrogens is 353 g/mol. The molecule has 5 nitrogen and oxygen atoms in total. The molecule has 0 aliphatic carbocycles. The van der Waals surface area contributed by atoms with Crippen LogP contribution in [0.1, 0.15) is 48.8 Å². The van der Waals surface area contributed by atoms with E-state index in [0.29, 0.717) is 24.1 Å². The van der Waals surface area contributed by atoms with Gasteiger partial charge in [0.15, 0.2) is 5.82 Å². The summed E-state index contributed by atoms with van der Waals surface area (Å²) in [4.78, 5) is 8.27. The highest BCUT2D eigenvalue weighted by molar-refractivity contribution is 7.98. The fourth-order valence-corrected chi connectivity index (χ4v) is 2.96. The van der Waals surface area contributed by atoms with Gasteiger partial charge >= 0.3 is 6.18 Å². The summed E-state index contributed by atoms with van der Waals surface area (Å²) in [7, 11) is 0. The lowest BCUT2D eigenvalue weighted by atomic mass is 10.1. The van der Waals surface area contributed by atoms with E-state index in [-0.39, 0.29) is 16.5 Å². The first-order valence-electron chi connectivity index (χ1n) is 7.64. The Labute approximate surface area is 147 Å². The highest BCUT2D eigenvalue weighted by Crippen LogP contribution is 2.36. The summed E-state index contributed by atoms with van der Waals surface area (Å²) in [5.74, 6) is 1.52. The zero-order valence-electron chi connectivity index (χ0n) is 14.0. The van der Waals surface area contributed by atoms with Gasteiger partial charge in [-0.1, -0.05) is 30.8 Å². The zero-order chi connectivity index (χ0) is 18.6. The van der Waals surface area contributed by atoms with Crippen LogP contribution in [-0.4, -0.2) is 15.1 Å². The fraction of sp³-hybridized carbons (Fsp3) is 0.500. The average Bonchev–Trinajstić information content (AvgIpc) is 2.97. The van der Waals surface area contributed by atoms with E-state index in [4.69, 9.17) is 9.78 Å². The van der Waals surface area contributed by atoms with Crippen LogP contribution in [0.4, 0.5) is 13.2 Å². The Bertz CT molecular complexity index is 781. The van der Waals surface area contributed by atoms with Crippen molar-refractivity contribution >= 4 is 11.8 Å². The van der Waals surface area contributed by atoms with Crippen molar-refractivity contribution in [2.45, 2.75) is 50.6 Å². The molecule has 0 spiro atoms. The number of alkyl halides is 3. The van der Waals surface area contributed by atoms with Crippen LogP contribution in [0.2, 0.25) is 0 Å². The van der Waals surface area contributed by atoms with E-state index >= 15 is 0 Å². The molecule has 2 aromatic heterocycles. The summed E-state index contributed by atoms with van der Waals surface area (Å²) >= 11 is 0.977. The number of hydrogen-bond acceptors (Lipinski definition) is 6. The maximum atomic E-state index is 13.1. The van der Waals surface area contributed by atoms with Gasteiger partial charge in [0.25, 0.3) is 0 Å². The van der Waals surface area contributed by atoms with Gasteiger partial charge < -0.3 is 4.52 Å². The smallest absolute Gasteiger partial charge is 0.338 e. The summed E-state index contributed by atoms with van der Waals surface area (Å²) in [6.07, 6.45) is -3.02. The van der Waals surface area contributed by atoms with Crippen molar-refractivity contribution in [1.82, 2.24) is 15.1 Å². The topological polar surface area (TPSA) is 75.6 Å². The summed E-state index contributed by atoms with van der Waals surface area (Å²) in [6, 6.07) is 2.48. The van der Waals surface area contributed by atoms with Crippen LogP contribution in [0.5, 0.6) is 0 Å². The van der Waals surface area contributed by atoms with E-state index in [2.05, 4.69) is 29.0 Å².